The molecule has 98 valence electrons. The standard InChI is InChI=1S/C11H11Cl2NO4/c1-2-18-5-9(15)14-10-7(11(16)17)3-6(12)4-8(10)13/h3-4H,2,5H2,1H3,(H,14,15)(H,16,17). The molecule has 0 unspecified atom stereocenters. The number of anilines is 1. The summed E-state index contributed by atoms with van der Waals surface area (Å²) in [6.07, 6.45) is 0. The number of hydrogen-bond donors (Lipinski definition) is 2. The van der Waals surface area contributed by atoms with E-state index in [2.05, 4.69) is 5.32 Å². The first-order valence-electron chi connectivity index (χ1n) is 5.05. The van der Waals surface area contributed by atoms with Crippen LogP contribution >= 0.6 is 23.2 Å². The lowest BCUT2D eigenvalue weighted by atomic mass is 10.1. The lowest BCUT2D eigenvalue weighted by molar-refractivity contribution is -0.120. The third kappa shape index (κ3) is 3.87. The van der Waals surface area contributed by atoms with E-state index in [0.717, 1.165) is 0 Å². The average Bonchev–Trinajstić information content (AvgIpc) is 2.29. The van der Waals surface area contributed by atoms with Gasteiger partial charge in [-0.05, 0) is 19.1 Å². The van der Waals surface area contributed by atoms with Crippen LogP contribution in [0.3, 0.4) is 0 Å². The molecular weight excluding hydrogens is 281 g/mol. The Morgan fingerprint density at radius 2 is 2.06 bits per heavy atom. The Hall–Kier alpha value is -1.30. The van der Waals surface area contributed by atoms with Crippen LogP contribution in [0.4, 0.5) is 5.69 Å². The Kier molecular flexibility index (Phi) is 5.40. The first-order chi connectivity index (χ1) is 8.45. The molecule has 0 radical (unpaired) electrons. The van der Waals surface area contributed by atoms with Crippen LogP contribution in [0.2, 0.25) is 10.0 Å². The van der Waals surface area contributed by atoms with Gasteiger partial charge in [-0.1, -0.05) is 23.2 Å². The number of rotatable bonds is 5. The second kappa shape index (κ2) is 6.58. The molecule has 5 nitrogen and oxygen atoms in total. The van der Waals surface area contributed by atoms with Crippen LogP contribution in [0, 0.1) is 0 Å². The molecule has 0 saturated heterocycles. The van der Waals surface area contributed by atoms with Crippen molar-refractivity contribution >= 4 is 40.8 Å². The summed E-state index contributed by atoms with van der Waals surface area (Å²) >= 11 is 11.6. The molecule has 0 heterocycles. The fourth-order valence-corrected chi connectivity index (χ4v) is 1.78. The van der Waals surface area contributed by atoms with E-state index in [4.69, 9.17) is 33.0 Å². The minimum Gasteiger partial charge on any atom is -0.478 e. The Bertz CT molecular complexity index is 476. The number of carbonyl (C=O) groups is 2. The zero-order valence-corrected chi connectivity index (χ0v) is 11.0. The van der Waals surface area contributed by atoms with E-state index in [1.165, 1.54) is 12.1 Å². The number of carboxylic acids is 1. The molecule has 1 amide bonds. The van der Waals surface area contributed by atoms with Crippen LogP contribution < -0.4 is 5.32 Å². The highest BCUT2D eigenvalue weighted by Gasteiger charge is 2.17. The van der Waals surface area contributed by atoms with Crippen molar-refractivity contribution in [2.75, 3.05) is 18.5 Å². The van der Waals surface area contributed by atoms with E-state index in [0.29, 0.717) is 6.61 Å². The van der Waals surface area contributed by atoms with Crippen LogP contribution in [-0.2, 0) is 9.53 Å². The maximum absolute atomic E-state index is 11.5. The SMILES string of the molecule is CCOCC(=O)Nc1c(Cl)cc(Cl)cc1C(=O)O. The number of benzene rings is 1. The topological polar surface area (TPSA) is 75.6 Å². The second-order valence-electron chi connectivity index (χ2n) is 3.30. The highest BCUT2D eigenvalue weighted by molar-refractivity contribution is 6.37. The highest BCUT2D eigenvalue weighted by Crippen LogP contribution is 2.30. The zero-order valence-electron chi connectivity index (χ0n) is 9.50. The monoisotopic (exact) mass is 291 g/mol. The molecule has 0 saturated carbocycles. The number of ether oxygens (including phenoxy) is 1. The van der Waals surface area contributed by atoms with Gasteiger partial charge in [0.05, 0.1) is 16.3 Å². The molecule has 0 fully saturated rings. The lowest BCUT2D eigenvalue weighted by Gasteiger charge is -2.11. The van der Waals surface area contributed by atoms with Crippen LogP contribution in [-0.4, -0.2) is 30.2 Å². The lowest BCUT2D eigenvalue weighted by Crippen LogP contribution is -2.20. The molecule has 0 bridgehead atoms. The van der Waals surface area contributed by atoms with E-state index < -0.39 is 11.9 Å². The number of hydrogen-bond acceptors (Lipinski definition) is 3. The van der Waals surface area contributed by atoms with Crippen molar-refractivity contribution in [1.29, 1.82) is 0 Å². The van der Waals surface area contributed by atoms with Crippen LogP contribution in [0.15, 0.2) is 12.1 Å². The number of carbonyl (C=O) groups excluding carboxylic acids is 1. The molecule has 2 N–H and O–H groups in total. The summed E-state index contributed by atoms with van der Waals surface area (Å²) in [4.78, 5) is 22.5. The number of carboxylic acid groups (broad SMARTS) is 1. The molecule has 0 spiro atoms. The Balaban J connectivity index is 3.00. The quantitative estimate of drug-likeness (QED) is 0.874. The summed E-state index contributed by atoms with van der Waals surface area (Å²) in [7, 11) is 0. The van der Waals surface area contributed by atoms with Gasteiger partial charge in [0.25, 0.3) is 0 Å². The van der Waals surface area contributed by atoms with Crippen molar-refractivity contribution in [3.63, 3.8) is 0 Å². The molecule has 1 aromatic carbocycles. The largest absolute Gasteiger partial charge is 0.478 e. The molecule has 0 aromatic heterocycles. The molecule has 7 heteroatoms. The predicted octanol–water partition coefficient (Wildman–Crippen LogP) is 2.67. The minimum absolute atomic E-state index is 0.0123. The number of nitrogens with one attached hydrogen (secondary N) is 1. The third-order valence-electron chi connectivity index (χ3n) is 1.99. The van der Waals surface area contributed by atoms with Gasteiger partial charge >= 0.3 is 5.97 Å². The number of halogens is 2. The summed E-state index contributed by atoms with van der Waals surface area (Å²) in [5.41, 5.74) is -0.157. The Morgan fingerprint density at radius 1 is 1.39 bits per heavy atom. The van der Waals surface area contributed by atoms with E-state index >= 15 is 0 Å². The number of amides is 1. The molecular formula is C11H11Cl2NO4. The maximum Gasteiger partial charge on any atom is 0.337 e. The molecule has 0 aliphatic rings. The highest BCUT2D eigenvalue weighted by atomic mass is 35.5. The second-order valence-corrected chi connectivity index (χ2v) is 4.14. The summed E-state index contributed by atoms with van der Waals surface area (Å²) in [5, 5.41) is 11.6. The van der Waals surface area contributed by atoms with Crippen LogP contribution in [0.5, 0.6) is 0 Å². The van der Waals surface area contributed by atoms with Gasteiger partial charge in [-0.15, -0.1) is 0 Å². The van der Waals surface area contributed by atoms with Gasteiger partial charge in [-0.3, -0.25) is 4.79 Å². The van der Waals surface area contributed by atoms with Gasteiger partial charge in [0.1, 0.15) is 6.61 Å². The van der Waals surface area contributed by atoms with E-state index in [1.807, 2.05) is 0 Å². The Labute approximate surface area is 114 Å². The van der Waals surface area contributed by atoms with Gasteiger partial charge in [0.2, 0.25) is 5.91 Å². The fourth-order valence-electron chi connectivity index (χ4n) is 1.24. The van der Waals surface area contributed by atoms with Gasteiger partial charge in [0.15, 0.2) is 0 Å². The van der Waals surface area contributed by atoms with Crippen LogP contribution in [0.1, 0.15) is 17.3 Å². The first-order valence-corrected chi connectivity index (χ1v) is 5.81. The van der Waals surface area contributed by atoms with Gasteiger partial charge in [0, 0.05) is 11.6 Å². The predicted molar refractivity (Wildman–Crippen MR) is 68.5 cm³/mol. The average molecular weight is 292 g/mol. The normalized spacial score (nSPS) is 10.2. The van der Waals surface area contributed by atoms with Gasteiger partial charge in [-0.2, -0.15) is 0 Å². The summed E-state index contributed by atoms with van der Waals surface area (Å²) < 4.78 is 4.90. The minimum atomic E-state index is -1.23. The molecule has 0 atom stereocenters. The van der Waals surface area contributed by atoms with E-state index in [1.54, 1.807) is 6.92 Å². The third-order valence-corrected chi connectivity index (χ3v) is 2.50. The Morgan fingerprint density at radius 3 is 2.61 bits per heavy atom. The van der Waals surface area contributed by atoms with Crippen molar-refractivity contribution in [2.45, 2.75) is 6.92 Å². The molecule has 0 aliphatic carbocycles. The van der Waals surface area contributed by atoms with E-state index in [9.17, 15) is 9.59 Å². The van der Waals surface area contributed by atoms with Crippen LogP contribution in [0.25, 0.3) is 0 Å². The van der Waals surface area contributed by atoms with Crippen molar-refractivity contribution in [3.05, 3.63) is 27.7 Å². The molecule has 18 heavy (non-hydrogen) atoms. The van der Waals surface area contributed by atoms with Crippen molar-refractivity contribution in [1.82, 2.24) is 0 Å². The van der Waals surface area contributed by atoms with Gasteiger partial charge in [-0.25, -0.2) is 4.79 Å². The summed E-state index contributed by atoms with van der Waals surface area (Å²) in [6, 6.07) is 2.57. The maximum atomic E-state index is 11.5. The summed E-state index contributed by atoms with van der Waals surface area (Å²) in [6.45, 7) is 1.95. The first kappa shape index (κ1) is 14.8. The zero-order chi connectivity index (χ0) is 13.7. The van der Waals surface area contributed by atoms with Crippen molar-refractivity contribution in [3.8, 4) is 0 Å². The summed E-state index contributed by atoms with van der Waals surface area (Å²) in [5.74, 6) is -1.71. The van der Waals surface area contributed by atoms with E-state index in [-0.39, 0.29) is 27.9 Å². The number of aromatic carboxylic acids is 1. The van der Waals surface area contributed by atoms with Crippen molar-refractivity contribution in [2.24, 2.45) is 0 Å². The molecule has 1 aromatic rings. The fraction of sp³-hybridized carbons (Fsp3) is 0.273. The molecule has 1 rings (SSSR count). The smallest absolute Gasteiger partial charge is 0.337 e. The molecule has 0 aliphatic heterocycles. The van der Waals surface area contributed by atoms with Gasteiger partial charge < -0.3 is 15.2 Å². The van der Waals surface area contributed by atoms with Crippen molar-refractivity contribution < 1.29 is 19.4 Å².